The molecule has 8 nitrogen and oxygen atoms in total. The lowest BCUT2D eigenvalue weighted by molar-refractivity contribution is -0.870. The molecule has 0 bridgehead atoms. The molecular formula is C43H81NO7P+. The van der Waals surface area contributed by atoms with E-state index in [0.717, 1.165) is 57.8 Å². The highest BCUT2D eigenvalue weighted by molar-refractivity contribution is 7.47. The summed E-state index contributed by atoms with van der Waals surface area (Å²) in [4.78, 5) is 22.8. The Morgan fingerprint density at radius 3 is 1.60 bits per heavy atom. The Labute approximate surface area is 320 Å². The first-order valence-electron chi connectivity index (χ1n) is 20.9. The van der Waals surface area contributed by atoms with Gasteiger partial charge in [-0.15, -0.1) is 0 Å². The molecule has 0 aliphatic carbocycles. The average Bonchev–Trinajstić information content (AvgIpc) is 3.09. The van der Waals surface area contributed by atoms with Crippen LogP contribution in [-0.4, -0.2) is 75.6 Å². The summed E-state index contributed by atoms with van der Waals surface area (Å²) in [5.41, 5.74) is 0. The molecule has 9 heteroatoms. The first-order chi connectivity index (χ1) is 25.1. The molecule has 0 aliphatic rings. The van der Waals surface area contributed by atoms with Crippen molar-refractivity contribution >= 4 is 13.8 Å². The maximum Gasteiger partial charge on any atom is 0.472 e. The molecule has 0 spiro atoms. The maximum absolute atomic E-state index is 12.7. The van der Waals surface area contributed by atoms with Gasteiger partial charge in [0.15, 0.2) is 0 Å². The minimum absolute atomic E-state index is 0.0782. The summed E-state index contributed by atoms with van der Waals surface area (Å²) in [6, 6.07) is 0. The van der Waals surface area contributed by atoms with E-state index in [1.807, 2.05) is 21.1 Å². The van der Waals surface area contributed by atoms with Crippen LogP contribution in [0.1, 0.15) is 162 Å². The minimum Gasteiger partial charge on any atom is -0.457 e. The Bertz CT molecular complexity index is 973. The van der Waals surface area contributed by atoms with Crippen molar-refractivity contribution in [3.8, 4) is 0 Å². The Morgan fingerprint density at radius 1 is 0.615 bits per heavy atom. The standard InChI is InChI=1S/C43H80NO7P/c1-6-8-10-12-14-16-18-20-22-23-24-26-28-30-32-34-36-43(45)51-42(41-50-52(46,47)49-39-37-44(3,4)5)40-48-38-35-33-31-29-27-25-21-19-17-15-13-11-9-7-2/h9,11,15,17,21,25,29,31,42H,6-8,10,12-14,16,18-20,22-24,26-28,30,32-41H2,1-5H3/p+1/b11-9-,17-15-,25-21-,31-29-. The normalized spacial score (nSPS) is 14.3. The number of phosphoric ester groups is 1. The zero-order chi connectivity index (χ0) is 38.4. The lowest BCUT2D eigenvalue weighted by Gasteiger charge is -2.24. The van der Waals surface area contributed by atoms with E-state index in [0.29, 0.717) is 24.1 Å². The third-order valence-corrected chi connectivity index (χ3v) is 9.64. The largest absolute Gasteiger partial charge is 0.472 e. The summed E-state index contributed by atoms with van der Waals surface area (Å²) >= 11 is 0. The molecule has 0 radical (unpaired) electrons. The van der Waals surface area contributed by atoms with E-state index in [4.69, 9.17) is 18.5 Å². The first kappa shape index (κ1) is 50.5. The van der Waals surface area contributed by atoms with Crippen LogP contribution in [0.15, 0.2) is 48.6 Å². The van der Waals surface area contributed by atoms with Gasteiger partial charge in [0, 0.05) is 13.0 Å². The highest BCUT2D eigenvalue weighted by Gasteiger charge is 2.26. The summed E-state index contributed by atoms with van der Waals surface area (Å²) in [5.74, 6) is -0.332. The molecule has 0 rings (SSSR count). The van der Waals surface area contributed by atoms with Gasteiger partial charge < -0.3 is 18.9 Å². The number of rotatable bonds is 38. The van der Waals surface area contributed by atoms with E-state index in [1.165, 1.54) is 83.5 Å². The molecule has 0 aromatic rings. The van der Waals surface area contributed by atoms with Gasteiger partial charge in [-0.1, -0.05) is 159 Å². The molecule has 0 heterocycles. The molecule has 1 N–H and O–H groups in total. The molecule has 0 saturated carbocycles. The molecule has 0 aromatic carbocycles. The van der Waals surface area contributed by atoms with Gasteiger partial charge >= 0.3 is 13.8 Å². The average molecular weight is 755 g/mol. The van der Waals surface area contributed by atoms with E-state index in [2.05, 4.69) is 62.5 Å². The van der Waals surface area contributed by atoms with Crippen LogP contribution in [-0.2, 0) is 27.9 Å². The Hall–Kier alpha value is -1.54. The minimum atomic E-state index is -4.28. The van der Waals surface area contributed by atoms with Crippen LogP contribution < -0.4 is 0 Å². The van der Waals surface area contributed by atoms with Crippen molar-refractivity contribution < 1.29 is 37.3 Å². The second-order valence-corrected chi connectivity index (χ2v) is 16.4. The topological polar surface area (TPSA) is 91.3 Å². The monoisotopic (exact) mass is 755 g/mol. The van der Waals surface area contributed by atoms with Gasteiger partial charge in [-0.3, -0.25) is 13.8 Å². The highest BCUT2D eigenvalue weighted by atomic mass is 31.2. The molecule has 2 unspecified atom stereocenters. The summed E-state index contributed by atoms with van der Waals surface area (Å²) < 4.78 is 34.8. The fourth-order valence-corrected chi connectivity index (χ4v) is 6.18. The van der Waals surface area contributed by atoms with Crippen LogP contribution in [0.4, 0.5) is 0 Å². The van der Waals surface area contributed by atoms with E-state index in [1.54, 1.807) is 0 Å². The van der Waals surface area contributed by atoms with Gasteiger partial charge in [-0.25, -0.2) is 4.57 Å². The summed E-state index contributed by atoms with van der Waals surface area (Å²) in [6.07, 6.45) is 43.0. The SMILES string of the molecule is CC/C=C\C/C=C\C/C=C\C/C=C\CCCOCC(COP(=O)(O)OCC[N+](C)(C)C)OC(=O)CCCCCCCCCCCCCCCCCC. The van der Waals surface area contributed by atoms with Crippen molar-refractivity contribution in [1.82, 2.24) is 0 Å². The Balaban J connectivity index is 4.33. The van der Waals surface area contributed by atoms with E-state index in [9.17, 15) is 14.3 Å². The van der Waals surface area contributed by atoms with Crippen molar-refractivity contribution in [1.29, 1.82) is 0 Å². The van der Waals surface area contributed by atoms with Gasteiger partial charge in [-0.05, 0) is 44.9 Å². The number of unbranched alkanes of at least 4 members (excludes halogenated alkanes) is 16. The second-order valence-electron chi connectivity index (χ2n) is 15.0. The number of hydrogen-bond acceptors (Lipinski definition) is 6. The number of likely N-dealkylation sites (N-methyl/N-ethyl adjacent to an activating group) is 1. The lowest BCUT2D eigenvalue weighted by Crippen LogP contribution is -2.37. The molecule has 0 amide bonds. The molecule has 52 heavy (non-hydrogen) atoms. The van der Waals surface area contributed by atoms with E-state index < -0.39 is 13.9 Å². The predicted octanol–water partition coefficient (Wildman–Crippen LogP) is 12.0. The summed E-state index contributed by atoms with van der Waals surface area (Å²) in [7, 11) is 1.63. The number of esters is 1. The van der Waals surface area contributed by atoms with E-state index in [-0.39, 0.29) is 25.8 Å². The van der Waals surface area contributed by atoms with Crippen LogP contribution in [0.5, 0.6) is 0 Å². The maximum atomic E-state index is 12.7. The fraction of sp³-hybridized carbons (Fsp3) is 0.791. The summed E-state index contributed by atoms with van der Waals surface area (Å²) in [5, 5.41) is 0. The van der Waals surface area contributed by atoms with Gasteiger partial charge in [0.2, 0.25) is 0 Å². The second kappa shape index (κ2) is 36.4. The number of ether oxygens (including phenoxy) is 2. The van der Waals surface area contributed by atoms with Crippen LogP contribution in [0.25, 0.3) is 0 Å². The molecule has 0 saturated heterocycles. The van der Waals surface area contributed by atoms with Crippen molar-refractivity contribution in [2.45, 2.75) is 168 Å². The number of nitrogens with zero attached hydrogens (tertiary/aromatic N) is 1. The molecular weight excluding hydrogens is 673 g/mol. The van der Waals surface area contributed by atoms with Crippen LogP contribution in [0.3, 0.4) is 0 Å². The molecule has 0 aliphatic heterocycles. The quantitative estimate of drug-likeness (QED) is 0.0221. The molecule has 304 valence electrons. The molecule has 0 fully saturated rings. The predicted molar refractivity (Wildman–Crippen MR) is 219 cm³/mol. The molecule has 2 atom stereocenters. The smallest absolute Gasteiger partial charge is 0.457 e. The number of phosphoric acid groups is 1. The number of allylic oxidation sites excluding steroid dienone is 8. The van der Waals surface area contributed by atoms with Crippen molar-refractivity contribution in [3.05, 3.63) is 48.6 Å². The summed E-state index contributed by atoms with van der Waals surface area (Å²) in [6.45, 7) is 5.36. The van der Waals surface area contributed by atoms with Gasteiger partial charge in [0.1, 0.15) is 19.3 Å². The van der Waals surface area contributed by atoms with Crippen LogP contribution >= 0.6 is 7.82 Å². The first-order valence-corrected chi connectivity index (χ1v) is 22.4. The molecule has 0 aromatic heterocycles. The van der Waals surface area contributed by atoms with Crippen LogP contribution in [0.2, 0.25) is 0 Å². The Morgan fingerprint density at radius 2 is 1.10 bits per heavy atom. The van der Waals surface area contributed by atoms with Gasteiger partial charge in [0.05, 0.1) is 34.4 Å². The van der Waals surface area contributed by atoms with Crippen molar-refractivity contribution in [2.24, 2.45) is 0 Å². The zero-order valence-corrected chi connectivity index (χ0v) is 35.2. The third-order valence-electron chi connectivity index (χ3n) is 8.65. The highest BCUT2D eigenvalue weighted by Crippen LogP contribution is 2.43. The lowest BCUT2D eigenvalue weighted by atomic mass is 10.0. The third kappa shape index (κ3) is 39.7. The van der Waals surface area contributed by atoms with Crippen molar-refractivity contribution in [3.63, 3.8) is 0 Å². The zero-order valence-electron chi connectivity index (χ0n) is 34.3. The van der Waals surface area contributed by atoms with E-state index >= 15 is 0 Å². The number of quaternary nitrogens is 1. The van der Waals surface area contributed by atoms with Gasteiger partial charge in [0.25, 0.3) is 0 Å². The van der Waals surface area contributed by atoms with Gasteiger partial charge in [-0.2, -0.15) is 0 Å². The van der Waals surface area contributed by atoms with Crippen LogP contribution in [0, 0.1) is 0 Å². The number of carbonyl (C=O) groups is 1. The van der Waals surface area contributed by atoms with Crippen molar-refractivity contribution in [2.75, 3.05) is 54.1 Å². The number of hydrogen-bond donors (Lipinski definition) is 1. The fourth-order valence-electron chi connectivity index (χ4n) is 5.44. The Kier molecular flexibility index (Phi) is 35.4. The number of carbonyl (C=O) groups excluding carboxylic acids is 1.